The Labute approximate surface area is 62.2 Å². The van der Waals surface area contributed by atoms with Crippen molar-refractivity contribution >= 4 is 5.97 Å². The van der Waals surface area contributed by atoms with Crippen molar-refractivity contribution in [3.05, 3.63) is 0 Å². The Morgan fingerprint density at radius 3 is 2.30 bits per heavy atom. The molecule has 0 aromatic carbocycles. The largest absolute Gasteiger partial charge is 0.550 e. The zero-order valence-electron chi connectivity index (χ0n) is 6.94. The molecule has 0 aliphatic carbocycles. The first-order chi connectivity index (χ1) is 4.48. The Bertz CT molecular complexity index is 116. The van der Waals surface area contributed by atoms with E-state index in [1.807, 2.05) is 0 Å². The average molecular weight is 143 g/mol. The van der Waals surface area contributed by atoms with Crippen LogP contribution in [0.4, 0.5) is 0 Å². The van der Waals surface area contributed by atoms with Gasteiger partial charge < -0.3 is 9.90 Å². The minimum atomic E-state index is -0.943. The lowest BCUT2D eigenvalue weighted by molar-refractivity contribution is -0.306. The van der Waals surface area contributed by atoms with Crippen LogP contribution in [-0.2, 0) is 4.79 Å². The van der Waals surface area contributed by atoms with Crippen molar-refractivity contribution in [1.82, 2.24) is 0 Å². The summed E-state index contributed by atoms with van der Waals surface area (Å²) in [5.74, 6) is -0.943. The van der Waals surface area contributed by atoms with E-state index in [2.05, 4.69) is 20.8 Å². The molecule has 0 unspecified atom stereocenters. The molecule has 0 rings (SSSR count). The van der Waals surface area contributed by atoms with Gasteiger partial charge in [-0.2, -0.15) is 0 Å². The maximum absolute atomic E-state index is 10.1. The molecule has 2 heteroatoms. The fourth-order valence-corrected chi connectivity index (χ4v) is 0.617. The van der Waals surface area contributed by atoms with E-state index in [1.54, 1.807) is 0 Å². The van der Waals surface area contributed by atoms with E-state index >= 15 is 0 Å². The normalized spacial score (nSPS) is 11.5. The quantitative estimate of drug-likeness (QED) is 0.588. The number of hydrogen-bond acceptors (Lipinski definition) is 2. The third kappa shape index (κ3) is 4.36. The van der Waals surface area contributed by atoms with Gasteiger partial charge in [0.05, 0.1) is 0 Å². The molecular formula is C8H15O2-. The highest BCUT2D eigenvalue weighted by atomic mass is 16.4. The van der Waals surface area contributed by atoms with E-state index in [-0.39, 0.29) is 11.8 Å². The second kappa shape index (κ2) is 3.59. The third-order valence-electron chi connectivity index (χ3n) is 1.96. The molecule has 0 N–H and O–H groups in total. The summed E-state index contributed by atoms with van der Waals surface area (Å²) < 4.78 is 0. The van der Waals surface area contributed by atoms with Crippen LogP contribution in [0.1, 0.15) is 40.0 Å². The molecule has 0 saturated carbocycles. The lowest BCUT2D eigenvalue weighted by Crippen LogP contribution is -2.24. The summed E-state index contributed by atoms with van der Waals surface area (Å²) in [6, 6.07) is 0. The van der Waals surface area contributed by atoms with Crippen LogP contribution in [0.15, 0.2) is 0 Å². The van der Waals surface area contributed by atoms with Crippen LogP contribution in [0.2, 0.25) is 0 Å². The lowest BCUT2D eigenvalue weighted by atomic mass is 9.85. The zero-order chi connectivity index (χ0) is 8.20. The van der Waals surface area contributed by atoms with Crippen LogP contribution >= 0.6 is 0 Å². The van der Waals surface area contributed by atoms with E-state index in [9.17, 15) is 9.90 Å². The van der Waals surface area contributed by atoms with Crippen molar-refractivity contribution in [2.75, 3.05) is 0 Å². The molecule has 60 valence electrons. The first-order valence-electron chi connectivity index (χ1n) is 3.68. The number of carboxylic acid groups (broad SMARTS) is 1. The molecule has 0 atom stereocenters. The minimum absolute atomic E-state index is 0.153. The van der Waals surface area contributed by atoms with Crippen LogP contribution < -0.4 is 5.11 Å². The van der Waals surface area contributed by atoms with Crippen molar-refractivity contribution in [1.29, 1.82) is 0 Å². The van der Waals surface area contributed by atoms with Gasteiger partial charge in [-0.1, -0.05) is 27.2 Å². The summed E-state index contributed by atoms with van der Waals surface area (Å²) in [5, 5.41) is 10.1. The molecule has 2 nitrogen and oxygen atoms in total. The molecule has 0 aromatic rings. The van der Waals surface area contributed by atoms with Crippen molar-refractivity contribution in [3.63, 3.8) is 0 Å². The Balaban J connectivity index is 3.56. The third-order valence-corrected chi connectivity index (χ3v) is 1.96. The van der Waals surface area contributed by atoms with Crippen LogP contribution in [0.25, 0.3) is 0 Å². The monoisotopic (exact) mass is 143 g/mol. The Morgan fingerprint density at radius 1 is 1.50 bits per heavy atom. The van der Waals surface area contributed by atoms with E-state index < -0.39 is 5.97 Å². The van der Waals surface area contributed by atoms with Crippen molar-refractivity contribution in [3.8, 4) is 0 Å². The highest BCUT2D eigenvalue weighted by Crippen LogP contribution is 2.25. The summed E-state index contributed by atoms with van der Waals surface area (Å²) in [5.41, 5.74) is 0.153. The van der Waals surface area contributed by atoms with Gasteiger partial charge in [-0.05, 0) is 18.3 Å². The molecule has 0 spiro atoms. The van der Waals surface area contributed by atoms with Crippen molar-refractivity contribution in [2.45, 2.75) is 40.0 Å². The minimum Gasteiger partial charge on any atom is -0.550 e. The number of hydrogen-bond donors (Lipinski definition) is 0. The highest BCUT2D eigenvalue weighted by molar-refractivity contribution is 5.64. The molecule has 0 aromatic heterocycles. The second-order valence-electron chi connectivity index (χ2n) is 3.39. The van der Waals surface area contributed by atoms with Crippen LogP contribution in [0, 0.1) is 5.41 Å². The number of carboxylic acids is 1. The molecule has 0 amide bonds. The molecule has 0 saturated heterocycles. The van der Waals surface area contributed by atoms with Crippen LogP contribution in [-0.4, -0.2) is 5.97 Å². The average Bonchev–Trinajstić information content (AvgIpc) is 1.85. The summed E-state index contributed by atoms with van der Waals surface area (Å²) in [7, 11) is 0. The highest BCUT2D eigenvalue weighted by Gasteiger charge is 2.13. The van der Waals surface area contributed by atoms with E-state index in [0.29, 0.717) is 6.42 Å². The number of rotatable bonds is 4. The maximum Gasteiger partial charge on any atom is 0.0414 e. The van der Waals surface area contributed by atoms with Gasteiger partial charge in [0.15, 0.2) is 0 Å². The zero-order valence-corrected chi connectivity index (χ0v) is 6.94. The van der Waals surface area contributed by atoms with Crippen molar-refractivity contribution < 1.29 is 9.90 Å². The molecule has 0 aliphatic heterocycles. The van der Waals surface area contributed by atoms with Crippen molar-refractivity contribution in [2.24, 2.45) is 5.41 Å². The first-order valence-corrected chi connectivity index (χ1v) is 3.68. The fourth-order valence-electron chi connectivity index (χ4n) is 0.617. The molecule has 0 aliphatic rings. The standard InChI is InChI=1S/C8H16O2/c1-4-8(2,3)6-5-7(9)10/h4-6H2,1-3H3,(H,9,10)/p-1. The first kappa shape index (κ1) is 9.47. The summed E-state index contributed by atoms with van der Waals surface area (Å²) in [6.07, 6.45) is 1.91. The molecule has 0 heterocycles. The lowest BCUT2D eigenvalue weighted by Gasteiger charge is -2.22. The number of carbonyl (C=O) groups excluding carboxylic acids is 1. The van der Waals surface area contributed by atoms with Gasteiger partial charge in [0.1, 0.15) is 0 Å². The smallest absolute Gasteiger partial charge is 0.0414 e. The van der Waals surface area contributed by atoms with Crippen LogP contribution in [0.3, 0.4) is 0 Å². The molecular weight excluding hydrogens is 128 g/mol. The number of carbonyl (C=O) groups is 1. The maximum atomic E-state index is 10.1. The summed E-state index contributed by atoms with van der Waals surface area (Å²) in [6.45, 7) is 6.20. The molecule has 10 heavy (non-hydrogen) atoms. The molecule has 0 fully saturated rings. The Hall–Kier alpha value is -0.530. The van der Waals surface area contributed by atoms with Crippen LogP contribution in [0.5, 0.6) is 0 Å². The summed E-state index contributed by atoms with van der Waals surface area (Å²) >= 11 is 0. The topological polar surface area (TPSA) is 40.1 Å². The predicted octanol–water partition coefficient (Wildman–Crippen LogP) is 0.953. The number of aliphatic carboxylic acids is 1. The SMILES string of the molecule is CCC(C)(C)CCC(=O)[O-]. The Morgan fingerprint density at radius 2 is 2.00 bits per heavy atom. The van der Waals surface area contributed by atoms with E-state index in [1.165, 1.54) is 0 Å². The van der Waals surface area contributed by atoms with E-state index in [4.69, 9.17) is 0 Å². The van der Waals surface area contributed by atoms with Gasteiger partial charge in [0.2, 0.25) is 0 Å². The Kier molecular flexibility index (Phi) is 3.40. The molecule has 0 radical (unpaired) electrons. The van der Waals surface area contributed by atoms with Gasteiger partial charge >= 0.3 is 0 Å². The van der Waals surface area contributed by atoms with E-state index in [0.717, 1.165) is 6.42 Å². The van der Waals surface area contributed by atoms with Gasteiger partial charge in [0, 0.05) is 5.97 Å². The fraction of sp³-hybridized carbons (Fsp3) is 0.875. The second-order valence-corrected chi connectivity index (χ2v) is 3.39. The van der Waals surface area contributed by atoms with Gasteiger partial charge in [-0.15, -0.1) is 0 Å². The van der Waals surface area contributed by atoms with Gasteiger partial charge in [-0.25, -0.2) is 0 Å². The molecule has 0 bridgehead atoms. The van der Waals surface area contributed by atoms with Gasteiger partial charge in [-0.3, -0.25) is 0 Å². The van der Waals surface area contributed by atoms with Gasteiger partial charge in [0.25, 0.3) is 0 Å². The summed E-state index contributed by atoms with van der Waals surface area (Å²) in [4.78, 5) is 10.1. The predicted molar refractivity (Wildman–Crippen MR) is 38.3 cm³/mol.